The van der Waals surface area contributed by atoms with Crippen LogP contribution in [0.25, 0.3) is 10.2 Å². The standard InChI is InChI=1S/C22H24FN3O3S/c1-3-29-21(27)18-14(2)17-19(25-13-26-20(17)30-18)24-12-22(8-10-28-11-9-22)15-4-6-16(23)7-5-15/h4-7,13H,3,8-12H2,1-2H3,(H,24,25,26). The molecule has 0 aliphatic carbocycles. The monoisotopic (exact) mass is 429 g/mol. The van der Waals surface area contributed by atoms with Gasteiger partial charge < -0.3 is 14.8 Å². The minimum absolute atomic E-state index is 0.183. The topological polar surface area (TPSA) is 73.3 Å². The summed E-state index contributed by atoms with van der Waals surface area (Å²) in [6, 6.07) is 6.72. The van der Waals surface area contributed by atoms with Crippen molar-refractivity contribution in [1.82, 2.24) is 9.97 Å². The van der Waals surface area contributed by atoms with Gasteiger partial charge in [-0.25, -0.2) is 19.2 Å². The summed E-state index contributed by atoms with van der Waals surface area (Å²) in [7, 11) is 0. The Kier molecular flexibility index (Phi) is 5.97. The number of carbonyl (C=O) groups is 1. The van der Waals surface area contributed by atoms with Crippen LogP contribution in [-0.4, -0.2) is 42.3 Å². The number of esters is 1. The number of rotatable bonds is 6. The highest BCUT2D eigenvalue weighted by Crippen LogP contribution is 2.37. The molecule has 4 rings (SSSR count). The van der Waals surface area contributed by atoms with Crippen LogP contribution in [0.5, 0.6) is 0 Å². The van der Waals surface area contributed by atoms with Gasteiger partial charge in [0.25, 0.3) is 0 Å². The number of ether oxygens (including phenoxy) is 2. The highest BCUT2D eigenvalue weighted by Gasteiger charge is 2.35. The lowest BCUT2D eigenvalue weighted by molar-refractivity contribution is 0.0530. The predicted molar refractivity (Wildman–Crippen MR) is 115 cm³/mol. The molecule has 0 saturated carbocycles. The Morgan fingerprint density at radius 1 is 1.27 bits per heavy atom. The molecule has 0 unspecified atom stereocenters. The van der Waals surface area contributed by atoms with E-state index in [0.29, 0.717) is 37.1 Å². The SMILES string of the molecule is CCOC(=O)c1sc2ncnc(NCC3(c4ccc(F)cc4)CCOCC3)c2c1C. The van der Waals surface area contributed by atoms with Crippen molar-refractivity contribution in [2.45, 2.75) is 32.1 Å². The van der Waals surface area contributed by atoms with Gasteiger partial charge >= 0.3 is 5.97 Å². The summed E-state index contributed by atoms with van der Waals surface area (Å²) < 4.78 is 24.2. The Hall–Kier alpha value is -2.58. The van der Waals surface area contributed by atoms with Gasteiger partial charge in [-0.05, 0) is 49.9 Å². The Labute approximate surface area is 178 Å². The molecule has 0 spiro atoms. The van der Waals surface area contributed by atoms with E-state index < -0.39 is 0 Å². The van der Waals surface area contributed by atoms with Gasteiger partial charge in [0.15, 0.2) is 0 Å². The minimum Gasteiger partial charge on any atom is -0.462 e. The molecule has 0 bridgehead atoms. The molecule has 8 heteroatoms. The van der Waals surface area contributed by atoms with Crippen molar-refractivity contribution in [3.63, 3.8) is 0 Å². The number of nitrogens with one attached hydrogen (secondary N) is 1. The number of aromatic nitrogens is 2. The molecular formula is C22H24FN3O3S. The number of nitrogens with zero attached hydrogens (tertiary/aromatic N) is 2. The van der Waals surface area contributed by atoms with E-state index in [9.17, 15) is 9.18 Å². The van der Waals surface area contributed by atoms with E-state index in [2.05, 4.69) is 15.3 Å². The third-order valence-electron chi connectivity index (χ3n) is 5.69. The maximum Gasteiger partial charge on any atom is 0.348 e. The van der Waals surface area contributed by atoms with Crippen LogP contribution in [0.2, 0.25) is 0 Å². The van der Waals surface area contributed by atoms with E-state index in [1.165, 1.54) is 29.8 Å². The molecular weight excluding hydrogens is 405 g/mol. The Balaban J connectivity index is 1.66. The summed E-state index contributed by atoms with van der Waals surface area (Å²) in [5, 5.41) is 4.33. The summed E-state index contributed by atoms with van der Waals surface area (Å²) in [5.74, 6) is 0.111. The summed E-state index contributed by atoms with van der Waals surface area (Å²) in [6.45, 7) is 5.94. The first-order chi connectivity index (χ1) is 14.5. The van der Waals surface area contributed by atoms with Gasteiger partial charge in [0, 0.05) is 25.2 Å². The Morgan fingerprint density at radius 2 is 2.00 bits per heavy atom. The van der Waals surface area contributed by atoms with Crippen LogP contribution in [0.15, 0.2) is 30.6 Å². The van der Waals surface area contributed by atoms with E-state index in [4.69, 9.17) is 9.47 Å². The number of halogens is 1. The van der Waals surface area contributed by atoms with Crippen LogP contribution in [0, 0.1) is 12.7 Å². The molecule has 2 aromatic heterocycles. The Bertz CT molecular complexity index is 1050. The second-order valence-electron chi connectivity index (χ2n) is 7.43. The molecule has 3 heterocycles. The number of hydrogen-bond donors (Lipinski definition) is 1. The second-order valence-corrected chi connectivity index (χ2v) is 8.43. The van der Waals surface area contributed by atoms with Crippen LogP contribution in [0.3, 0.4) is 0 Å². The fraction of sp³-hybridized carbons (Fsp3) is 0.409. The van der Waals surface area contributed by atoms with Crippen molar-refractivity contribution in [1.29, 1.82) is 0 Å². The highest BCUT2D eigenvalue weighted by atomic mass is 32.1. The van der Waals surface area contributed by atoms with Crippen LogP contribution in [0.4, 0.5) is 10.2 Å². The minimum atomic E-state index is -0.337. The largest absolute Gasteiger partial charge is 0.462 e. The van der Waals surface area contributed by atoms with Crippen molar-refractivity contribution in [3.8, 4) is 0 Å². The lowest BCUT2D eigenvalue weighted by Crippen LogP contribution is -2.40. The Morgan fingerprint density at radius 3 is 2.70 bits per heavy atom. The lowest BCUT2D eigenvalue weighted by atomic mass is 9.74. The average Bonchev–Trinajstić information content (AvgIpc) is 3.11. The van der Waals surface area contributed by atoms with Gasteiger partial charge in [-0.15, -0.1) is 11.3 Å². The highest BCUT2D eigenvalue weighted by molar-refractivity contribution is 7.20. The zero-order valence-electron chi connectivity index (χ0n) is 17.0. The van der Waals surface area contributed by atoms with E-state index in [1.807, 2.05) is 19.1 Å². The zero-order chi connectivity index (χ0) is 21.1. The zero-order valence-corrected chi connectivity index (χ0v) is 17.9. The molecule has 1 fully saturated rings. The number of benzene rings is 1. The number of fused-ring (bicyclic) bond motifs is 1. The predicted octanol–water partition coefficient (Wildman–Crippen LogP) is 4.48. The van der Waals surface area contributed by atoms with E-state index >= 15 is 0 Å². The van der Waals surface area contributed by atoms with E-state index in [0.717, 1.165) is 34.2 Å². The normalized spacial score (nSPS) is 15.8. The molecule has 158 valence electrons. The smallest absolute Gasteiger partial charge is 0.348 e. The maximum absolute atomic E-state index is 13.5. The van der Waals surface area contributed by atoms with Crippen molar-refractivity contribution >= 4 is 33.3 Å². The third kappa shape index (κ3) is 3.89. The first-order valence-electron chi connectivity index (χ1n) is 10.0. The van der Waals surface area contributed by atoms with Crippen LogP contribution >= 0.6 is 11.3 Å². The first kappa shape index (κ1) is 20.7. The molecule has 1 saturated heterocycles. The van der Waals surface area contributed by atoms with Crippen molar-refractivity contribution in [3.05, 3.63) is 52.4 Å². The number of aryl methyl sites for hydroxylation is 1. The number of anilines is 1. The van der Waals surface area contributed by atoms with Crippen LogP contribution in [0.1, 0.15) is 40.6 Å². The summed E-state index contributed by atoms with van der Waals surface area (Å²) in [6.07, 6.45) is 3.16. The third-order valence-corrected chi connectivity index (χ3v) is 6.87. The maximum atomic E-state index is 13.5. The molecule has 1 aliphatic rings. The molecule has 1 aliphatic heterocycles. The molecule has 6 nitrogen and oxygen atoms in total. The quantitative estimate of drug-likeness (QED) is 0.583. The summed E-state index contributed by atoms with van der Waals surface area (Å²) >= 11 is 1.32. The van der Waals surface area contributed by atoms with Crippen LogP contribution in [-0.2, 0) is 14.9 Å². The number of hydrogen-bond acceptors (Lipinski definition) is 7. The number of thiophene rings is 1. The molecule has 0 atom stereocenters. The van der Waals surface area contributed by atoms with E-state index in [1.54, 1.807) is 6.92 Å². The van der Waals surface area contributed by atoms with Gasteiger partial charge in [0.2, 0.25) is 0 Å². The van der Waals surface area contributed by atoms with Gasteiger partial charge in [-0.1, -0.05) is 12.1 Å². The fourth-order valence-corrected chi connectivity index (χ4v) is 5.03. The summed E-state index contributed by atoms with van der Waals surface area (Å²) in [5.41, 5.74) is 1.72. The summed E-state index contributed by atoms with van der Waals surface area (Å²) in [4.78, 5) is 22.4. The fourth-order valence-electron chi connectivity index (χ4n) is 3.98. The van der Waals surface area contributed by atoms with Gasteiger partial charge in [0.05, 0.1) is 12.0 Å². The van der Waals surface area contributed by atoms with Gasteiger partial charge in [-0.3, -0.25) is 0 Å². The average molecular weight is 430 g/mol. The van der Waals surface area contributed by atoms with Gasteiger partial charge in [0.1, 0.15) is 27.7 Å². The first-order valence-corrected chi connectivity index (χ1v) is 10.8. The molecule has 3 aromatic rings. The van der Waals surface area contributed by atoms with Gasteiger partial charge in [-0.2, -0.15) is 0 Å². The molecule has 1 aromatic carbocycles. The lowest BCUT2D eigenvalue weighted by Gasteiger charge is -2.38. The van der Waals surface area contributed by atoms with Crippen molar-refractivity contribution in [2.24, 2.45) is 0 Å². The second kappa shape index (κ2) is 8.65. The number of carbonyl (C=O) groups excluding carboxylic acids is 1. The van der Waals surface area contributed by atoms with Crippen LogP contribution < -0.4 is 5.32 Å². The molecule has 30 heavy (non-hydrogen) atoms. The molecule has 1 N–H and O–H groups in total. The van der Waals surface area contributed by atoms with E-state index in [-0.39, 0.29) is 17.2 Å². The van der Waals surface area contributed by atoms with Crippen molar-refractivity contribution in [2.75, 3.05) is 31.7 Å². The molecule has 0 radical (unpaired) electrons. The molecule has 0 amide bonds. The van der Waals surface area contributed by atoms with Crippen molar-refractivity contribution < 1.29 is 18.7 Å².